The summed E-state index contributed by atoms with van der Waals surface area (Å²) in [4.78, 5) is 4.55. The zero-order chi connectivity index (χ0) is 8.10. The van der Waals surface area contributed by atoms with Gasteiger partial charge in [-0.15, -0.1) is 0 Å². The summed E-state index contributed by atoms with van der Waals surface area (Å²) in [5, 5.41) is 0. The van der Waals surface area contributed by atoms with Gasteiger partial charge in [-0.25, -0.2) is 0 Å². The number of rotatable bonds is 3. The van der Waals surface area contributed by atoms with Crippen LogP contribution < -0.4 is 0 Å². The number of hydrogen-bond acceptors (Lipinski definition) is 1. The minimum absolute atomic E-state index is 0.583. The van der Waals surface area contributed by atoms with E-state index in [9.17, 15) is 0 Å². The highest BCUT2D eigenvalue weighted by Crippen LogP contribution is 2.13. The van der Waals surface area contributed by atoms with E-state index >= 15 is 0 Å². The first-order chi connectivity index (χ1) is 5.33. The molecule has 62 valence electrons. The molecule has 0 spiro atoms. The molecule has 0 radical (unpaired) electrons. The Balaban J connectivity index is 2.31. The van der Waals surface area contributed by atoms with Gasteiger partial charge in [0.15, 0.2) is 0 Å². The highest BCUT2D eigenvalue weighted by atomic mass is 14.8. The maximum atomic E-state index is 4.55. The van der Waals surface area contributed by atoms with Gasteiger partial charge < -0.3 is 0 Å². The summed E-state index contributed by atoms with van der Waals surface area (Å²) < 4.78 is 0. The number of allylic oxidation sites excluding steroid dienone is 1. The quantitative estimate of drug-likeness (QED) is 0.588. The van der Waals surface area contributed by atoms with Crippen molar-refractivity contribution in [3.05, 3.63) is 12.2 Å². The summed E-state index contributed by atoms with van der Waals surface area (Å²) in [5.74, 6) is 0. The average molecular weight is 151 g/mol. The first-order valence-corrected chi connectivity index (χ1v) is 4.54. The van der Waals surface area contributed by atoms with Crippen molar-refractivity contribution in [2.45, 2.75) is 45.6 Å². The van der Waals surface area contributed by atoms with Crippen molar-refractivity contribution in [2.75, 3.05) is 0 Å². The van der Waals surface area contributed by atoms with Crippen molar-refractivity contribution in [3.8, 4) is 0 Å². The Labute approximate surface area is 69.2 Å². The molecule has 1 rings (SSSR count). The van der Waals surface area contributed by atoms with Crippen molar-refractivity contribution in [1.29, 1.82) is 0 Å². The lowest BCUT2D eigenvalue weighted by Crippen LogP contribution is -2.09. The van der Waals surface area contributed by atoms with Crippen LogP contribution in [0.4, 0.5) is 0 Å². The molecule has 1 heteroatoms. The summed E-state index contributed by atoms with van der Waals surface area (Å²) in [6, 6.07) is 0.583. The van der Waals surface area contributed by atoms with Crippen LogP contribution >= 0.6 is 0 Å². The summed E-state index contributed by atoms with van der Waals surface area (Å²) in [6.07, 6.45) is 9.37. The summed E-state index contributed by atoms with van der Waals surface area (Å²) in [5.41, 5.74) is 1.19. The molecule has 1 atom stereocenters. The predicted molar refractivity (Wildman–Crippen MR) is 50.2 cm³/mol. The van der Waals surface area contributed by atoms with Gasteiger partial charge >= 0.3 is 0 Å². The largest absolute Gasteiger partial charge is 0.286 e. The molecule has 0 N–H and O–H groups in total. The molecule has 0 aromatic rings. The van der Waals surface area contributed by atoms with Crippen molar-refractivity contribution in [2.24, 2.45) is 4.99 Å². The highest BCUT2D eigenvalue weighted by molar-refractivity contribution is 5.93. The van der Waals surface area contributed by atoms with Crippen molar-refractivity contribution >= 4 is 5.71 Å². The number of nitrogens with zero attached hydrogens (tertiary/aromatic N) is 1. The average Bonchev–Trinajstić information content (AvgIpc) is 2.01. The number of hydrogen-bond donors (Lipinski definition) is 0. The maximum Gasteiger partial charge on any atom is 0.0537 e. The van der Waals surface area contributed by atoms with Crippen LogP contribution in [0.3, 0.4) is 0 Å². The van der Waals surface area contributed by atoms with Crippen LogP contribution in [-0.4, -0.2) is 11.8 Å². The lowest BCUT2D eigenvalue weighted by atomic mass is 10.0. The van der Waals surface area contributed by atoms with Crippen LogP contribution in [0.2, 0.25) is 0 Å². The normalized spacial score (nSPS) is 23.5. The lowest BCUT2D eigenvalue weighted by molar-refractivity contribution is 0.581. The topological polar surface area (TPSA) is 12.4 Å². The Hall–Kier alpha value is -0.590. The van der Waals surface area contributed by atoms with Gasteiger partial charge in [0, 0.05) is 5.71 Å². The predicted octanol–water partition coefficient (Wildman–Crippen LogP) is 2.97. The SMILES string of the molecule is CCCCC1CC=CC(C)=N1. The van der Waals surface area contributed by atoms with Gasteiger partial charge in [-0.05, 0) is 25.8 Å². The number of unbranched alkanes of at least 4 members (excludes halogenated alkanes) is 1. The maximum absolute atomic E-state index is 4.55. The van der Waals surface area contributed by atoms with Gasteiger partial charge in [0.25, 0.3) is 0 Å². The van der Waals surface area contributed by atoms with E-state index in [4.69, 9.17) is 0 Å². The molecule has 0 aliphatic carbocycles. The zero-order valence-electron chi connectivity index (χ0n) is 7.51. The Kier molecular flexibility index (Phi) is 3.34. The molecule has 1 aliphatic rings. The molecular weight excluding hydrogens is 134 g/mol. The van der Waals surface area contributed by atoms with E-state index < -0.39 is 0 Å². The van der Waals surface area contributed by atoms with E-state index in [0.717, 1.165) is 6.42 Å². The fourth-order valence-electron chi connectivity index (χ4n) is 1.40. The van der Waals surface area contributed by atoms with E-state index in [1.807, 2.05) is 0 Å². The van der Waals surface area contributed by atoms with Crippen LogP contribution in [0.1, 0.15) is 39.5 Å². The first-order valence-electron chi connectivity index (χ1n) is 4.54. The van der Waals surface area contributed by atoms with Crippen LogP contribution in [0, 0.1) is 0 Å². The molecular formula is C10H17N. The molecule has 11 heavy (non-hydrogen) atoms. The monoisotopic (exact) mass is 151 g/mol. The van der Waals surface area contributed by atoms with Gasteiger partial charge in [-0.3, -0.25) is 4.99 Å². The summed E-state index contributed by atoms with van der Waals surface area (Å²) in [7, 11) is 0. The van der Waals surface area contributed by atoms with Gasteiger partial charge in [0.2, 0.25) is 0 Å². The van der Waals surface area contributed by atoms with E-state index in [-0.39, 0.29) is 0 Å². The Morgan fingerprint density at radius 3 is 3.09 bits per heavy atom. The fourth-order valence-corrected chi connectivity index (χ4v) is 1.40. The summed E-state index contributed by atoms with van der Waals surface area (Å²) >= 11 is 0. The van der Waals surface area contributed by atoms with Crippen LogP contribution in [-0.2, 0) is 0 Å². The van der Waals surface area contributed by atoms with Gasteiger partial charge in [-0.2, -0.15) is 0 Å². The molecule has 0 aromatic carbocycles. The molecule has 0 fully saturated rings. The van der Waals surface area contributed by atoms with Gasteiger partial charge in [-0.1, -0.05) is 25.8 Å². The molecule has 0 saturated heterocycles. The third kappa shape index (κ3) is 2.87. The Morgan fingerprint density at radius 2 is 2.45 bits per heavy atom. The second kappa shape index (κ2) is 4.32. The number of dihydropyridines is 1. The highest BCUT2D eigenvalue weighted by Gasteiger charge is 2.06. The third-order valence-electron chi connectivity index (χ3n) is 2.04. The van der Waals surface area contributed by atoms with Crippen LogP contribution in [0.25, 0.3) is 0 Å². The van der Waals surface area contributed by atoms with Crippen LogP contribution in [0.15, 0.2) is 17.1 Å². The summed E-state index contributed by atoms with van der Waals surface area (Å²) in [6.45, 7) is 4.31. The van der Waals surface area contributed by atoms with E-state index in [2.05, 4.69) is 31.0 Å². The smallest absolute Gasteiger partial charge is 0.0537 e. The molecule has 0 amide bonds. The van der Waals surface area contributed by atoms with Crippen molar-refractivity contribution in [1.82, 2.24) is 0 Å². The lowest BCUT2D eigenvalue weighted by Gasteiger charge is -2.13. The molecule has 0 bridgehead atoms. The van der Waals surface area contributed by atoms with Crippen molar-refractivity contribution in [3.63, 3.8) is 0 Å². The standard InChI is InChI=1S/C10H17N/c1-3-4-7-10-8-5-6-9(2)11-10/h5-6,10H,3-4,7-8H2,1-2H3. The van der Waals surface area contributed by atoms with Gasteiger partial charge in [0.05, 0.1) is 6.04 Å². The second-order valence-electron chi connectivity index (χ2n) is 3.20. The van der Waals surface area contributed by atoms with E-state index in [1.54, 1.807) is 0 Å². The minimum Gasteiger partial charge on any atom is -0.286 e. The molecule has 0 aromatic heterocycles. The third-order valence-corrected chi connectivity index (χ3v) is 2.04. The Morgan fingerprint density at radius 1 is 1.64 bits per heavy atom. The second-order valence-corrected chi connectivity index (χ2v) is 3.20. The molecule has 1 heterocycles. The zero-order valence-corrected chi connectivity index (χ0v) is 7.51. The molecule has 1 aliphatic heterocycles. The first kappa shape index (κ1) is 8.51. The fraction of sp³-hybridized carbons (Fsp3) is 0.700. The van der Waals surface area contributed by atoms with E-state index in [0.29, 0.717) is 6.04 Å². The molecule has 1 unspecified atom stereocenters. The van der Waals surface area contributed by atoms with E-state index in [1.165, 1.54) is 25.0 Å². The molecule has 0 saturated carbocycles. The molecule has 1 nitrogen and oxygen atoms in total. The van der Waals surface area contributed by atoms with Crippen molar-refractivity contribution < 1.29 is 0 Å². The number of aliphatic imine (C=N–C) groups is 1. The van der Waals surface area contributed by atoms with Crippen LogP contribution in [0.5, 0.6) is 0 Å². The Bertz CT molecular complexity index is 168. The minimum atomic E-state index is 0.583. The van der Waals surface area contributed by atoms with Gasteiger partial charge in [0.1, 0.15) is 0 Å².